The van der Waals surface area contributed by atoms with Gasteiger partial charge in [-0.3, -0.25) is 0 Å². The van der Waals surface area contributed by atoms with Gasteiger partial charge < -0.3 is 10.3 Å². The molecule has 0 amide bonds. The molecule has 2 aromatic carbocycles. The van der Waals surface area contributed by atoms with Crippen molar-refractivity contribution in [2.24, 2.45) is 0 Å². The van der Waals surface area contributed by atoms with E-state index in [2.05, 4.69) is 20.3 Å². The minimum atomic E-state index is -4.59. The van der Waals surface area contributed by atoms with Crippen LogP contribution in [0.3, 0.4) is 0 Å². The molecule has 0 aliphatic carbocycles. The van der Waals surface area contributed by atoms with Gasteiger partial charge in [0.1, 0.15) is 5.82 Å². The Morgan fingerprint density at radius 3 is 2.46 bits per heavy atom. The summed E-state index contributed by atoms with van der Waals surface area (Å²) in [4.78, 5) is 10.5. The van der Waals surface area contributed by atoms with Gasteiger partial charge >= 0.3 is 6.18 Å². The molecule has 0 radical (unpaired) electrons. The van der Waals surface area contributed by atoms with Crippen molar-refractivity contribution in [3.8, 4) is 0 Å². The molecular formula is C19H15F3N4. The summed E-state index contributed by atoms with van der Waals surface area (Å²) in [5.41, 5.74) is 2.40. The minimum Gasteiger partial charge on any atom is -0.369 e. The molecule has 0 spiro atoms. The van der Waals surface area contributed by atoms with E-state index in [-0.39, 0.29) is 11.3 Å². The maximum absolute atomic E-state index is 13.1. The second kappa shape index (κ2) is 6.33. The summed E-state index contributed by atoms with van der Waals surface area (Å²) in [7, 11) is 0. The third-order valence-electron chi connectivity index (χ3n) is 4.22. The monoisotopic (exact) mass is 356 g/mol. The summed E-state index contributed by atoms with van der Waals surface area (Å²) >= 11 is 0. The number of para-hydroxylation sites is 2. The Morgan fingerprint density at radius 1 is 0.923 bits per heavy atom. The molecule has 2 aromatic heterocycles. The lowest BCUT2D eigenvalue weighted by Crippen LogP contribution is -2.14. The number of halogens is 3. The van der Waals surface area contributed by atoms with Crippen LogP contribution in [0.2, 0.25) is 0 Å². The van der Waals surface area contributed by atoms with E-state index < -0.39 is 12.0 Å². The third-order valence-corrected chi connectivity index (χ3v) is 4.22. The van der Waals surface area contributed by atoms with Crippen LogP contribution in [-0.2, 0) is 12.6 Å². The van der Waals surface area contributed by atoms with Gasteiger partial charge in [-0.05, 0) is 30.2 Å². The fourth-order valence-electron chi connectivity index (χ4n) is 2.99. The first-order valence-electron chi connectivity index (χ1n) is 8.15. The fraction of sp³-hybridized carbons (Fsp3) is 0.158. The van der Waals surface area contributed by atoms with Gasteiger partial charge in [0.25, 0.3) is 0 Å². The molecule has 0 aliphatic rings. The summed E-state index contributed by atoms with van der Waals surface area (Å²) in [5, 5.41) is 4.72. The average Bonchev–Trinajstić information content (AvgIpc) is 3.04. The summed E-state index contributed by atoms with van der Waals surface area (Å²) < 4.78 is 39.2. The Kier molecular flexibility index (Phi) is 3.99. The Bertz CT molecular complexity index is 1070. The highest BCUT2D eigenvalue weighted by molar-refractivity contribution is 5.89. The molecule has 0 saturated heterocycles. The van der Waals surface area contributed by atoms with E-state index in [1.165, 1.54) is 0 Å². The summed E-state index contributed by atoms with van der Waals surface area (Å²) in [6.07, 6.45) is -2.01. The lowest BCUT2D eigenvalue weighted by Gasteiger charge is -2.12. The molecule has 7 heteroatoms. The highest BCUT2D eigenvalue weighted by Gasteiger charge is 2.35. The molecule has 26 heavy (non-hydrogen) atoms. The maximum atomic E-state index is 13.1. The number of aromatic nitrogens is 3. The first-order valence-corrected chi connectivity index (χ1v) is 8.15. The first kappa shape index (κ1) is 16.4. The number of nitrogens with zero attached hydrogens (tertiary/aromatic N) is 2. The van der Waals surface area contributed by atoms with Gasteiger partial charge in [0.05, 0.1) is 5.52 Å². The molecule has 2 N–H and O–H groups in total. The number of rotatable bonds is 4. The topological polar surface area (TPSA) is 53.6 Å². The van der Waals surface area contributed by atoms with Crippen LogP contribution >= 0.6 is 0 Å². The van der Waals surface area contributed by atoms with Gasteiger partial charge in [-0.25, -0.2) is 9.97 Å². The number of alkyl halides is 3. The Labute approximate surface area is 147 Å². The largest absolute Gasteiger partial charge is 0.451 e. The molecule has 4 nitrogen and oxygen atoms in total. The normalized spacial score (nSPS) is 12.0. The minimum absolute atomic E-state index is 0.197. The Balaban J connectivity index is 1.60. The molecule has 0 unspecified atom stereocenters. The van der Waals surface area contributed by atoms with Crippen LogP contribution in [0.1, 0.15) is 11.4 Å². The highest BCUT2D eigenvalue weighted by Crippen LogP contribution is 2.30. The molecule has 4 rings (SSSR count). The summed E-state index contributed by atoms with van der Waals surface area (Å²) in [6, 6.07) is 14.6. The third kappa shape index (κ3) is 3.08. The van der Waals surface area contributed by atoms with Crippen LogP contribution in [-0.4, -0.2) is 21.5 Å². The van der Waals surface area contributed by atoms with E-state index in [1.54, 1.807) is 24.3 Å². The van der Waals surface area contributed by atoms with Gasteiger partial charge in [-0.15, -0.1) is 0 Å². The van der Waals surface area contributed by atoms with E-state index in [9.17, 15) is 13.2 Å². The zero-order valence-corrected chi connectivity index (χ0v) is 13.6. The van der Waals surface area contributed by atoms with Gasteiger partial charge in [-0.1, -0.05) is 30.3 Å². The van der Waals surface area contributed by atoms with E-state index in [1.807, 2.05) is 30.5 Å². The molecule has 0 atom stereocenters. The Morgan fingerprint density at radius 2 is 1.65 bits per heavy atom. The van der Waals surface area contributed by atoms with Gasteiger partial charge in [-0.2, -0.15) is 13.2 Å². The van der Waals surface area contributed by atoms with E-state index >= 15 is 0 Å². The second-order valence-corrected chi connectivity index (χ2v) is 5.95. The maximum Gasteiger partial charge on any atom is 0.451 e. The zero-order chi connectivity index (χ0) is 18.1. The van der Waals surface area contributed by atoms with Gasteiger partial charge in [0, 0.05) is 29.0 Å². The molecule has 0 saturated carbocycles. The molecule has 132 valence electrons. The van der Waals surface area contributed by atoms with Crippen molar-refractivity contribution in [1.29, 1.82) is 0 Å². The second-order valence-electron chi connectivity index (χ2n) is 5.95. The van der Waals surface area contributed by atoms with E-state index in [4.69, 9.17) is 0 Å². The zero-order valence-electron chi connectivity index (χ0n) is 13.6. The predicted molar refractivity (Wildman–Crippen MR) is 95.0 cm³/mol. The van der Waals surface area contributed by atoms with Crippen LogP contribution in [0.4, 0.5) is 19.0 Å². The number of hydrogen-bond donors (Lipinski definition) is 2. The smallest absolute Gasteiger partial charge is 0.369 e. The van der Waals surface area contributed by atoms with Crippen LogP contribution in [0.5, 0.6) is 0 Å². The number of aromatic amines is 1. The lowest BCUT2D eigenvalue weighted by atomic mass is 10.1. The number of benzene rings is 2. The van der Waals surface area contributed by atoms with Crippen molar-refractivity contribution in [1.82, 2.24) is 15.0 Å². The number of nitrogens with one attached hydrogen (secondary N) is 2. The summed E-state index contributed by atoms with van der Waals surface area (Å²) in [6.45, 7) is 0.458. The predicted octanol–water partition coefficient (Wildman–Crippen LogP) is 4.78. The average molecular weight is 356 g/mol. The number of hydrogen-bond acceptors (Lipinski definition) is 3. The molecule has 4 aromatic rings. The van der Waals surface area contributed by atoms with E-state index in [0.717, 1.165) is 16.5 Å². The van der Waals surface area contributed by atoms with Crippen molar-refractivity contribution in [3.63, 3.8) is 0 Å². The first-order chi connectivity index (χ1) is 12.5. The summed E-state index contributed by atoms with van der Waals surface area (Å²) in [5.74, 6) is -0.937. The molecule has 0 aliphatic heterocycles. The van der Waals surface area contributed by atoms with Gasteiger partial charge in [0.15, 0.2) is 0 Å². The molecular weight excluding hydrogens is 341 g/mol. The quantitative estimate of drug-likeness (QED) is 0.553. The number of anilines is 1. The van der Waals surface area contributed by atoms with Crippen molar-refractivity contribution in [3.05, 3.63) is 66.1 Å². The SMILES string of the molecule is FC(F)(F)c1nc(NCCc2c[nH]c3ccccc23)c2ccccc2n1. The standard InChI is InChI=1S/C19H15F3N4/c20-19(21,22)18-25-16-8-4-2-6-14(16)17(26-18)23-10-9-12-11-24-15-7-3-1-5-13(12)15/h1-8,11,24H,9-10H2,(H,23,25,26). The van der Waals surface area contributed by atoms with Crippen molar-refractivity contribution < 1.29 is 13.2 Å². The van der Waals surface area contributed by atoms with Crippen molar-refractivity contribution in [2.45, 2.75) is 12.6 Å². The van der Waals surface area contributed by atoms with Crippen LogP contribution in [0.15, 0.2) is 54.7 Å². The van der Waals surface area contributed by atoms with Crippen LogP contribution in [0.25, 0.3) is 21.8 Å². The number of H-pyrrole nitrogens is 1. The van der Waals surface area contributed by atoms with E-state index in [0.29, 0.717) is 18.4 Å². The molecule has 2 heterocycles. The van der Waals surface area contributed by atoms with Crippen molar-refractivity contribution >= 4 is 27.6 Å². The van der Waals surface area contributed by atoms with Gasteiger partial charge in [0.2, 0.25) is 5.82 Å². The Hall–Kier alpha value is -3.09. The lowest BCUT2D eigenvalue weighted by molar-refractivity contribution is -0.144. The van der Waals surface area contributed by atoms with Crippen LogP contribution < -0.4 is 5.32 Å². The number of fused-ring (bicyclic) bond motifs is 2. The van der Waals surface area contributed by atoms with Crippen LogP contribution in [0, 0.1) is 0 Å². The van der Waals surface area contributed by atoms with Crippen molar-refractivity contribution in [2.75, 3.05) is 11.9 Å². The highest BCUT2D eigenvalue weighted by atomic mass is 19.4. The fourth-order valence-corrected chi connectivity index (χ4v) is 2.99. The molecule has 0 bridgehead atoms. The molecule has 0 fully saturated rings.